The lowest BCUT2D eigenvalue weighted by molar-refractivity contribution is 0.314. The molecule has 122 valence electrons. The van der Waals surface area contributed by atoms with E-state index in [1.54, 1.807) is 7.11 Å². The molecule has 0 N–H and O–H groups in total. The molecule has 1 aromatic heterocycles. The van der Waals surface area contributed by atoms with Gasteiger partial charge in [-0.1, -0.05) is 18.2 Å². The third kappa shape index (κ3) is 2.64. The molecule has 4 heteroatoms. The van der Waals surface area contributed by atoms with E-state index in [0.29, 0.717) is 6.61 Å². The summed E-state index contributed by atoms with van der Waals surface area (Å²) >= 11 is 0. The number of para-hydroxylation sites is 1. The molecule has 24 heavy (non-hydrogen) atoms. The summed E-state index contributed by atoms with van der Waals surface area (Å²) in [6, 6.07) is 16.8. The number of ether oxygens (including phenoxy) is 2. The molecule has 1 aliphatic rings. The monoisotopic (exact) mass is 320 g/mol. The average molecular weight is 320 g/mol. The van der Waals surface area contributed by atoms with E-state index in [1.807, 2.05) is 19.1 Å². The maximum atomic E-state index is 5.50. The fraction of sp³-hybridized carbons (Fsp3) is 0.250. The van der Waals surface area contributed by atoms with Crippen LogP contribution in [0.4, 0.5) is 0 Å². The van der Waals surface area contributed by atoms with Crippen molar-refractivity contribution < 1.29 is 9.47 Å². The van der Waals surface area contributed by atoms with Crippen LogP contribution in [0.3, 0.4) is 0 Å². The van der Waals surface area contributed by atoms with Crippen LogP contribution in [0, 0.1) is 0 Å². The van der Waals surface area contributed by atoms with Crippen molar-refractivity contribution >= 4 is 16.8 Å². The smallest absolute Gasteiger partial charge is 0.180 e. The lowest BCUT2D eigenvalue weighted by Crippen LogP contribution is -2.09. The molecular formula is C20H20N2O2. The molecule has 4 nitrogen and oxygen atoms in total. The molecule has 1 atom stereocenters. The predicted molar refractivity (Wildman–Crippen MR) is 96.4 cm³/mol. The molecule has 4 rings (SSSR count). The highest BCUT2D eigenvalue weighted by atomic mass is 16.5. The Morgan fingerprint density at radius 1 is 1.17 bits per heavy atom. The van der Waals surface area contributed by atoms with Crippen LogP contribution in [-0.4, -0.2) is 30.2 Å². The molecule has 0 saturated heterocycles. The van der Waals surface area contributed by atoms with Gasteiger partial charge >= 0.3 is 0 Å². The van der Waals surface area contributed by atoms with Gasteiger partial charge in [0.1, 0.15) is 12.4 Å². The minimum absolute atomic E-state index is 0.208. The van der Waals surface area contributed by atoms with Crippen LogP contribution in [0.1, 0.15) is 12.5 Å². The van der Waals surface area contributed by atoms with Crippen LogP contribution in [0.2, 0.25) is 0 Å². The Kier molecular flexibility index (Phi) is 3.73. The highest BCUT2D eigenvalue weighted by Gasteiger charge is 2.19. The zero-order chi connectivity index (χ0) is 16.5. The lowest BCUT2D eigenvalue weighted by atomic mass is 10.1. The zero-order valence-electron chi connectivity index (χ0n) is 13.9. The SMILES string of the molecule is COc1ccc(-n2cc(CC3COC(C)=N3)c3ccccc32)cc1. The fourth-order valence-corrected chi connectivity index (χ4v) is 3.28. The Labute approximate surface area is 141 Å². The molecular weight excluding hydrogens is 300 g/mol. The molecule has 1 unspecified atom stereocenters. The second kappa shape index (κ2) is 6.04. The summed E-state index contributed by atoms with van der Waals surface area (Å²) < 4.78 is 13.0. The van der Waals surface area contributed by atoms with Gasteiger partial charge in [-0.05, 0) is 35.9 Å². The number of methoxy groups -OCH3 is 1. The second-order valence-electron chi connectivity index (χ2n) is 6.06. The van der Waals surface area contributed by atoms with Crippen molar-refractivity contribution in [3.8, 4) is 11.4 Å². The van der Waals surface area contributed by atoms with Crippen LogP contribution < -0.4 is 4.74 Å². The van der Waals surface area contributed by atoms with Crippen molar-refractivity contribution in [2.24, 2.45) is 4.99 Å². The minimum Gasteiger partial charge on any atom is -0.497 e. The van der Waals surface area contributed by atoms with Crippen LogP contribution in [0.15, 0.2) is 59.7 Å². The summed E-state index contributed by atoms with van der Waals surface area (Å²) in [5.74, 6) is 1.65. The third-order valence-corrected chi connectivity index (χ3v) is 4.45. The highest BCUT2D eigenvalue weighted by molar-refractivity contribution is 5.86. The molecule has 0 aliphatic carbocycles. The fourth-order valence-electron chi connectivity index (χ4n) is 3.28. The van der Waals surface area contributed by atoms with Crippen LogP contribution in [0.25, 0.3) is 16.6 Å². The molecule has 0 spiro atoms. The van der Waals surface area contributed by atoms with Crippen molar-refractivity contribution in [2.75, 3.05) is 13.7 Å². The predicted octanol–water partition coefficient (Wildman–Crippen LogP) is 4.00. The van der Waals surface area contributed by atoms with Gasteiger partial charge < -0.3 is 14.0 Å². The van der Waals surface area contributed by atoms with Crippen molar-refractivity contribution in [3.05, 3.63) is 60.3 Å². The topological polar surface area (TPSA) is 35.8 Å². The molecule has 0 saturated carbocycles. The van der Waals surface area contributed by atoms with Crippen molar-refractivity contribution in [3.63, 3.8) is 0 Å². The standard InChI is InChI=1S/C20H20N2O2/c1-14-21-16(13-24-14)11-15-12-22(20-6-4-3-5-19(15)20)17-7-9-18(23-2)10-8-17/h3-10,12,16H,11,13H2,1-2H3. The van der Waals surface area contributed by atoms with E-state index in [-0.39, 0.29) is 6.04 Å². The minimum atomic E-state index is 0.208. The van der Waals surface area contributed by atoms with Gasteiger partial charge in [-0.25, -0.2) is 4.99 Å². The summed E-state index contributed by atoms with van der Waals surface area (Å²) in [6.07, 6.45) is 3.11. The van der Waals surface area contributed by atoms with E-state index < -0.39 is 0 Å². The second-order valence-corrected chi connectivity index (χ2v) is 6.06. The van der Waals surface area contributed by atoms with Gasteiger partial charge in [-0.2, -0.15) is 0 Å². The number of fused-ring (bicyclic) bond motifs is 1. The average Bonchev–Trinajstić information content (AvgIpc) is 3.19. The van der Waals surface area contributed by atoms with Gasteiger partial charge in [0.2, 0.25) is 0 Å². The van der Waals surface area contributed by atoms with E-state index >= 15 is 0 Å². The highest BCUT2D eigenvalue weighted by Crippen LogP contribution is 2.27. The van der Waals surface area contributed by atoms with Gasteiger partial charge in [0.15, 0.2) is 5.90 Å². The third-order valence-electron chi connectivity index (χ3n) is 4.45. The summed E-state index contributed by atoms with van der Waals surface area (Å²) in [5, 5.41) is 1.27. The Balaban J connectivity index is 1.75. The molecule has 2 aromatic carbocycles. The molecule has 2 heterocycles. The molecule has 1 aliphatic heterocycles. The first-order valence-corrected chi connectivity index (χ1v) is 8.15. The number of benzene rings is 2. The Morgan fingerprint density at radius 2 is 1.96 bits per heavy atom. The Hall–Kier alpha value is -2.75. The van der Waals surface area contributed by atoms with Crippen molar-refractivity contribution in [2.45, 2.75) is 19.4 Å². The number of nitrogens with zero attached hydrogens (tertiary/aromatic N) is 2. The van der Waals surface area contributed by atoms with Crippen LogP contribution in [0.5, 0.6) is 5.75 Å². The molecule has 0 bridgehead atoms. The van der Waals surface area contributed by atoms with Crippen LogP contribution >= 0.6 is 0 Å². The molecule has 0 amide bonds. The maximum absolute atomic E-state index is 5.50. The lowest BCUT2D eigenvalue weighted by Gasteiger charge is -2.06. The number of aliphatic imine (C=N–C) groups is 1. The number of hydrogen-bond donors (Lipinski definition) is 0. The Morgan fingerprint density at radius 3 is 2.67 bits per heavy atom. The van der Waals surface area contributed by atoms with E-state index in [2.05, 4.69) is 52.2 Å². The molecule has 0 fully saturated rings. The summed E-state index contributed by atoms with van der Waals surface area (Å²) in [5.41, 5.74) is 3.63. The zero-order valence-corrected chi connectivity index (χ0v) is 13.9. The van der Waals surface area contributed by atoms with Gasteiger partial charge in [0, 0.05) is 30.6 Å². The summed E-state index contributed by atoms with van der Waals surface area (Å²) in [6.45, 7) is 2.59. The summed E-state index contributed by atoms with van der Waals surface area (Å²) in [4.78, 5) is 4.56. The van der Waals surface area contributed by atoms with Gasteiger partial charge in [0.25, 0.3) is 0 Å². The largest absolute Gasteiger partial charge is 0.497 e. The first-order valence-electron chi connectivity index (χ1n) is 8.15. The van der Waals surface area contributed by atoms with Crippen LogP contribution in [-0.2, 0) is 11.2 Å². The van der Waals surface area contributed by atoms with E-state index in [9.17, 15) is 0 Å². The van der Waals surface area contributed by atoms with E-state index in [0.717, 1.165) is 23.8 Å². The quantitative estimate of drug-likeness (QED) is 0.728. The normalized spacial score (nSPS) is 16.9. The van der Waals surface area contributed by atoms with Crippen molar-refractivity contribution in [1.29, 1.82) is 0 Å². The van der Waals surface area contributed by atoms with Gasteiger partial charge in [0.05, 0.1) is 18.7 Å². The number of aromatic nitrogens is 1. The number of hydrogen-bond acceptors (Lipinski definition) is 3. The first-order chi connectivity index (χ1) is 11.7. The van der Waals surface area contributed by atoms with Gasteiger partial charge in [-0.3, -0.25) is 0 Å². The van der Waals surface area contributed by atoms with E-state index in [1.165, 1.54) is 16.5 Å². The molecule has 3 aromatic rings. The van der Waals surface area contributed by atoms with Crippen molar-refractivity contribution in [1.82, 2.24) is 4.57 Å². The first kappa shape index (κ1) is 14.8. The number of rotatable bonds is 4. The Bertz CT molecular complexity index is 894. The summed E-state index contributed by atoms with van der Waals surface area (Å²) in [7, 11) is 1.68. The van der Waals surface area contributed by atoms with Gasteiger partial charge in [-0.15, -0.1) is 0 Å². The van der Waals surface area contributed by atoms with E-state index in [4.69, 9.17) is 9.47 Å². The maximum Gasteiger partial charge on any atom is 0.180 e. The molecule has 0 radical (unpaired) electrons.